The van der Waals surface area contributed by atoms with Gasteiger partial charge in [0.25, 0.3) is 0 Å². The highest BCUT2D eigenvalue weighted by Gasteiger charge is 2.03. The lowest BCUT2D eigenvalue weighted by atomic mass is 10.1. The van der Waals surface area contributed by atoms with Gasteiger partial charge in [-0.25, -0.2) is 4.98 Å². The number of hydrogen-bond donors (Lipinski definition) is 1. The van der Waals surface area contributed by atoms with E-state index in [1.165, 1.54) is 4.88 Å². The van der Waals surface area contributed by atoms with Crippen LogP contribution in [0, 0.1) is 6.92 Å². The molecule has 0 amide bonds. The van der Waals surface area contributed by atoms with Crippen molar-refractivity contribution in [2.45, 2.75) is 32.6 Å². The van der Waals surface area contributed by atoms with Gasteiger partial charge in [-0.2, -0.15) is 0 Å². The third-order valence-electron chi connectivity index (χ3n) is 3.21. The Morgan fingerprint density at radius 2 is 2.24 bits per heavy atom. The minimum atomic E-state index is -0.749. The van der Waals surface area contributed by atoms with E-state index in [1.54, 1.807) is 11.3 Å². The van der Waals surface area contributed by atoms with E-state index in [2.05, 4.69) is 11.9 Å². The molecule has 1 aromatic carbocycles. The van der Waals surface area contributed by atoms with Crippen LogP contribution in [0.5, 0.6) is 5.75 Å². The Morgan fingerprint density at radius 3 is 2.95 bits per heavy atom. The Morgan fingerprint density at radius 1 is 1.38 bits per heavy atom. The molecule has 0 spiro atoms. The van der Waals surface area contributed by atoms with E-state index in [4.69, 9.17) is 9.84 Å². The first-order valence-electron chi connectivity index (χ1n) is 6.97. The molecule has 1 heterocycles. The molecule has 1 N–H and O–H groups in total. The van der Waals surface area contributed by atoms with Gasteiger partial charge in [-0.05, 0) is 37.5 Å². The molecule has 0 atom stereocenters. The fraction of sp³-hybridized carbons (Fsp3) is 0.375. The molecule has 0 aliphatic heterocycles. The van der Waals surface area contributed by atoms with Crippen molar-refractivity contribution in [3.8, 4) is 5.75 Å². The third kappa shape index (κ3) is 5.19. The molecule has 4 nitrogen and oxygen atoms in total. The van der Waals surface area contributed by atoms with Crippen molar-refractivity contribution in [2.75, 3.05) is 6.61 Å². The monoisotopic (exact) mass is 305 g/mol. The number of benzene rings is 1. The van der Waals surface area contributed by atoms with Gasteiger partial charge < -0.3 is 9.84 Å². The van der Waals surface area contributed by atoms with Crippen molar-refractivity contribution in [1.29, 1.82) is 0 Å². The number of nitrogens with zero attached hydrogens (tertiary/aromatic N) is 1. The lowest BCUT2D eigenvalue weighted by Crippen LogP contribution is -2.03. The second kappa shape index (κ2) is 7.78. The maximum absolute atomic E-state index is 10.5. The SMILES string of the molecule is Cc1scnc1CCOc1cccc(CCCC(=O)O)c1. The first-order chi connectivity index (χ1) is 10.1. The van der Waals surface area contributed by atoms with E-state index < -0.39 is 5.97 Å². The predicted octanol–water partition coefficient (Wildman–Crippen LogP) is 3.48. The fourth-order valence-corrected chi connectivity index (χ4v) is 2.70. The van der Waals surface area contributed by atoms with Gasteiger partial charge >= 0.3 is 5.97 Å². The maximum atomic E-state index is 10.5. The van der Waals surface area contributed by atoms with Crippen molar-refractivity contribution < 1.29 is 14.6 Å². The smallest absolute Gasteiger partial charge is 0.303 e. The van der Waals surface area contributed by atoms with Crippen molar-refractivity contribution >= 4 is 17.3 Å². The van der Waals surface area contributed by atoms with E-state index in [-0.39, 0.29) is 6.42 Å². The number of aliphatic carboxylic acids is 1. The minimum absolute atomic E-state index is 0.203. The first-order valence-corrected chi connectivity index (χ1v) is 7.85. The first kappa shape index (κ1) is 15.5. The highest BCUT2D eigenvalue weighted by molar-refractivity contribution is 7.09. The molecule has 2 rings (SSSR count). The van der Waals surface area contributed by atoms with E-state index in [0.29, 0.717) is 13.0 Å². The van der Waals surface area contributed by atoms with Crippen LogP contribution in [-0.2, 0) is 17.6 Å². The lowest BCUT2D eigenvalue weighted by molar-refractivity contribution is -0.137. The summed E-state index contributed by atoms with van der Waals surface area (Å²) in [6.07, 6.45) is 2.41. The summed E-state index contributed by atoms with van der Waals surface area (Å²) in [4.78, 5) is 16.0. The summed E-state index contributed by atoms with van der Waals surface area (Å²) in [6, 6.07) is 7.85. The topological polar surface area (TPSA) is 59.4 Å². The van der Waals surface area contributed by atoms with Gasteiger partial charge in [-0.1, -0.05) is 12.1 Å². The Labute approximate surface area is 128 Å². The number of ether oxygens (including phenoxy) is 1. The number of carboxylic acids is 1. The van der Waals surface area contributed by atoms with Crippen LogP contribution in [0.25, 0.3) is 0 Å². The summed E-state index contributed by atoms with van der Waals surface area (Å²) in [6.45, 7) is 2.67. The van der Waals surface area contributed by atoms with Gasteiger partial charge in [-0.3, -0.25) is 4.79 Å². The summed E-state index contributed by atoms with van der Waals surface area (Å²) >= 11 is 1.65. The molecule has 0 aliphatic rings. The van der Waals surface area contributed by atoms with Gasteiger partial charge in [-0.15, -0.1) is 11.3 Å². The highest BCUT2D eigenvalue weighted by atomic mass is 32.1. The highest BCUT2D eigenvalue weighted by Crippen LogP contribution is 2.17. The van der Waals surface area contributed by atoms with Crippen LogP contribution in [0.2, 0.25) is 0 Å². The molecule has 112 valence electrons. The Kier molecular flexibility index (Phi) is 5.75. The number of hydrogen-bond acceptors (Lipinski definition) is 4. The standard InChI is InChI=1S/C16H19NO3S/c1-12-15(17-11-21-12)8-9-20-14-6-2-4-13(10-14)5-3-7-16(18)19/h2,4,6,10-11H,3,5,7-9H2,1H3,(H,18,19). The van der Waals surface area contributed by atoms with Crippen molar-refractivity contribution in [3.05, 3.63) is 45.9 Å². The zero-order valence-corrected chi connectivity index (χ0v) is 12.9. The molecule has 5 heteroatoms. The van der Waals surface area contributed by atoms with Crippen LogP contribution in [0.4, 0.5) is 0 Å². The van der Waals surface area contributed by atoms with Crippen LogP contribution in [-0.4, -0.2) is 22.7 Å². The van der Waals surface area contributed by atoms with Crippen molar-refractivity contribution in [3.63, 3.8) is 0 Å². The summed E-state index contributed by atoms with van der Waals surface area (Å²) < 4.78 is 5.75. The average molecular weight is 305 g/mol. The summed E-state index contributed by atoms with van der Waals surface area (Å²) in [5.41, 5.74) is 4.06. The maximum Gasteiger partial charge on any atom is 0.303 e. The minimum Gasteiger partial charge on any atom is -0.493 e. The second-order valence-corrected chi connectivity index (χ2v) is 5.91. The number of carbonyl (C=O) groups is 1. The predicted molar refractivity (Wildman–Crippen MR) is 83.1 cm³/mol. The molecule has 0 aliphatic carbocycles. The molecule has 0 saturated carbocycles. The second-order valence-electron chi connectivity index (χ2n) is 4.85. The van der Waals surface area contributed by atoms with Gasteiger partial charge in [0.2, 0.25) is 0 Å². The van der Waals surface area contributed by atoms with E-state index in [9.17, 15) is 4.79 Å². The number of carboxylic acid groups (broad SMARTS) is 1. The molecule has 0 saturated heterocycles. The molecule has 21 heavy (non-hydrogen) atoms. The third-order valence-corrected chi connectivity index (χ3v) is 4.01. The average Bonchev–Trinajstić information content (AvgIpc) is 2.85. The van der Waals surface area contributed by atoms with Crippen LogP contribution in [0.1, 0.15) is 29.0 Å². The molecule has 0 radical (unpaired) electrons. The molecule has 0 bridgehead atoms. The molecule has 0 unspecified atom stereocenters. The van der Waals surface area contributed by atoms with Crippen LogP contribution >= 0.6 is 11.3 Å². The van der Waals surface area contributed by atoms with E-state index in [0.717, 1.165) is 29.8 Å². The van der Waals surface area contributed by atoms with Gasteiger partial charge in [0.05, 0.1) is 17.8 Å². The zero-order chi connectivity index (χ0) is 15.1. The number of thiazole rings is 1. The quantitative estimate of drug-likeness (QED) is 0.811. The van der Waals surface area contributed by atoms with Gasteiger partial charge in [0.15, 0.2) is 0 Å². The Balaban J connectivity index is 1.80. The largest absolute Gasteiger partial charge is 0.493 e. The van der Waals surface area contributed by atoms with Crippen molar-refractivity contribution in [2.24, 2.45) is 0 Å². The number of rotatable bonds is 8. The molecular formula is C16H19NO3S. The zero-order valence-electron chi connectivity index (χ0n) is 12.0. The van der Waals surface area contributed by atoms with E-state index >= 15 is 0 Å². The number of aryl methyl sites for hydroxylation is 2. The Hall–Kier alpha value is -1.88. The van der Waals surface area contributed by atoms with Crippen LogP contribution in [0.15, 0.2) is 29.8 Å². The van der Waals surface area contributed by atoms with Crippen molar-refractivity contribution in [1.82, 2.24) is 4.98 Å². The van der Waals surface area contributed by atoms with E-state index in [1.807, 2.05) is 29.8 Å². The van der Waals surface area contributed by atoms with Crippen LogP contribution < -0.4 is 4.74 Å². The summed E-state index contributed by atoms with van der Waals surface area (Å²) in [5, 5.41) is 8.65. The Bertz CT molecular complexity index is 595. The van der Waals surface area contributed by atoms with Gasteiger partial charge in [0, 0.05) is 17.7 Å². The molecule has 1 aromatic heterocycles. The van der Waals surface area contributed by atoms with Crippen LogP contribution in [0.3, 0.4) is 0 Å². The summed E-state index contributed by atoms with van der Waals surface area (Å²) in [7, 11) is 0. The van der Waals surface area contributed by atoms with Gasteiger partial charge in [0.1, 0.15) is 5.75 Å². The molecule has 0 fully saturated rings. The summed E-state index contributed by atoms with van der Waals surface area (Å²) in [5.74, 6) is 0.0803. The normalized spacial score (nSPS) is 10.5. The lowest BCUT2D eigenvalue weighted by Gasteiger charge is -2.07. The number of aromatic nitrogens is 1. The fourth-order valence-electron chi connectivity index (χ4n) is 2.07. The molecule has 2 aromatic rings. The molecular weight excluding hydrogens is 286 g/mol.